The SMILES string of the molecule is CCCc1cnc2c(c1SCC(=O)N(C(C)C)C(C)C)c(=O)n(C)c(=O)n2C. The van der Waals surface area contributed by atoms with Gasteiger partial charge < -0.3 is 4.90 Å². The minimum absolute atomic E-state index is 0.0315. The largest absolute Gasteiger partial charge is 0.337 e. The highest BCUT2D eigenvalue weighted by Crippen LogP contribution is 2.29. The Morgan fingerprint density at radius 2 is 1.75 bits per heavy atom. The molecule has 0 spiro atoms. The molecule has 0 aromatic carbocycles. The van der Waals surface area contributed by atoms with Crippen molar-refractivity contribution in [1.82, 2.24) is 19.0 Å². The fraction of sp³-hybridized carbons (Fsp3) is 0.600. The summed E-state index contributed by atoms with van der Waals surface area (Å²) in [6.07, 6.45) is 3.37. The first-order valence-electron chi connectivity index (χ1n) is 9.63. The molecule has 28 heavy (non-hydrogen) atoms. The monoisotopic (exact) mass is 406 g/mol. The lowest BCUT2D eigenvalue weighted by Gasteiger charge is -2.30. The fourth-order valence-electron chi connectivity index (χ4n) is 3.53. The first-order chi connectivity index (χ1) is 13.1. The predicted octanol–water partition coefficient (Wildman–Crippen LogP) is 2.32. The Kier molecular flexibility index (Phi) is 7.09. The molecule has 2 heterocycles. The smallest absolute Gasteiger partial charge is 0.332 e. The maximum atomic E-state index is 12.9. The fourth-order valence-corrected chi connectivity index (χ4v) is 4.61. The van der Waals surface area contributed by atoms with E-state index >= 15 is 0 Å². The van der Waals surface area contributed by atoms with E-state index in [0.717, 1.165) is 27.9 Å². The summed E-state index contributed by atoms with van der Waals surface area (Å²) in [4.78, 5) is 44.9. The van der Waals surface area contributed by atoms with E-state index in [1.807, 2.05) is 32.6 Å². The Morgan fingerprint density at radius 3 is 2.29 bits per heavy atom. The van der Waals surface area contributed by atoms with E-state index in [4.69, 9.17) is 0 Å². The molecule has 1 amide bonds. The van der Waals surface area contributed by atoms with Crippen LogP contribution in [-0.4, -0.2) is 42.8 Å². The van der Waals surface area contributed by atoms with E-state index in [1.54, 1.807) is 13.2 Å². The highest BCUT2D eigenvalue weighted by atomic mass is 32.2. The normalized spacial score (nSPS) is 11.6. The van der Waals surface area contributed by atoms with Gasteiger partial charge in [-0.15, -0.1) is 11.8 Å². The molecule has 0 saturated heterocycles. The van der Waals surface area contributed by atoms with E-state index in [1.165, 1.54) is 23.4 Å². The molecule has 2 aromatic rings. The van der Waals surface area contributed by atoms with Crippen LogP contribution in [0.5, 0.6) is 0 Å². The summed E-state index contributed by atoms with van der Waals surface area (Å²) in [5, 5.41) is 0.411. The number of fused-ring (bicyclic) bond motifs is 1. The molecule has 0 aliphatic carbocycles. The van der Waals surface area contributed by atoms with Crippen LogP contribution in [0.15, 0.2) is 20.7 Å². The number of thioether (sulfide) groups is 1. The number of hydrogen-bond acceptors (Lipinski definition) is 5. The Hall–Kier alpha value is -2.09. The van der Waals surface area contributed by atoms with Crippen LogP contribution >= 0.6 is 11.8 Å². The van der Waals surface area contributed by atoms with E-state index in [-0.39, 0.29) is 29.3 Å². The van der Waals surface area contributed by atoms with E-state index in [9.17, 15) is 14.4 Å². The molecule has 8 heteroatoms. The van der Waals surface area contributed by atoms with Gasteiger partial charge in [0.2, 0.25) is 5.91 Å². The van der Waals surface area contributed by atoms with Crippen LogP contribution in [0.1, 0.15) is 46.6 Å². The molecule has 0 fully saturated rings. The van der Waals surface area contributed by atoms with Crippen molar-refractivity contribution in [3.8, 4) is 0 Å². The van der Waals surface area contributed by atoms with Crippen molar-refractivity contribution in [2.24, 2.45) is 14.1 Å². The number of pyridine rings is 1. The van der Waals surface area contributed by atoms with Gasteiger partial charge in [-0.1, -0.05) is 13.3 Å². The van der Waals surface area contributed by atoms with Crippen LogP contribution in [0.4, 0.5) is 0 Å². The van der Waals surface area contributed by atoms with Crippen molar-refractivity contribution in [1.29, 1.82) is 0 Å². The van der Waals surface area contributed by atoms with Gasteiger partial charge in [0.15, 0.2) is 0 Å². The maximum Gasteiger partial charge on any atom is 0.332 e. The molecule has 0 saturated carbocycles. The van der Waals surface area contributed by atoms with Gasteiger partial charge in [-0.05, 0) is 39.7 Å². The maximum absolute atomic E-state index is 12.9. The number of rotatable bonds is 7. The summed E-state index contributed by atoms with van der Waals surface area (Å²) in [5.74, 6) is 0.266. The second-order valence-corrected chi connectivity index (χ2v) is 8.53. The van der Waals surface area contributed by atoms with Gasteiger partial charge in [-0.2, -0.15) is 0 Å². The lowest BCUT2D eigenvalue weighted by atomic mass is 10.1. The zero-order chi connectivity index (χ0) is 21.2. The van der Waals surface area contributed by atoms with Gasteiger partial charge >= 0.3 is 5.69 Å². The van der Waals surface area contributed by atoms with Crippen LogP contribution in [0.2, 0.25) is 0 Å². The van der Waals surface area contributed by atoms with Crippen molar-refractivity contribution in [2.45, 2.75) is 64.4 Å². The van der Waals surface area contributed by atoms with Gasteiger partial charge in [-0.3, -0.25) is 18.7 Å². The van der Waals surface area contributed by atoms with Crippen LogP contribution in [0.25, 0.3) is 11.0 Å². The van der Waals surface area contributed by atoms with Crippen molar-refractivity contribution >= 4 is 28.7 Å². The Bertz CT molecular complexity index is 984. The number of amides is 1. The van der Waals surface area contributed by atoms with Gasteiger partial charge in [0.1, 0.15) is 5.65 Å². The molecule has 0 aliphatic heterocycles. The molecule has 0 aliphatic rings. The lowest BCUT2D eigenvalue weighted by molar-refractivity contribution is -0.131. The number of carbonyl (C=O) groups is 1. The highest BCUT2D eigenvalue weighted by molar-refractivity contribution is 8.00. The second-order valence-electron chi connectivity index (χ2n) is 7.54. The summed E-state index contributed by atoms with van der Waals surface area (Å²) in [7, 11) is 3.07. The summed E-state index contributed by atoms with van der Waals surface area (Å²) in [5.41, 5.74) is 0.505. The van der Waals surface area contributed by atoms with Gasteiger partial charge in [0.05, 0.1) is 11.1 Å². The summed E-state index contributed by atoms with van der Waals surface area (Å²) < 4.78 is 2.48. The number of carbonyl (C=O) groups excluding carboxylic acids is 1. The zero-order valence-electron chi connectivity index (χ0n) is 17.8. The molecular formula is C20H30N4O3S. The second kappa shape index (κ2) is 8.94. The van der Waals surface area contributed by atoms with Gasteiger partial charge in [0, 0.05) is 37.3 Å². The Balaban J connectivity index is 2.58. The van der Waals surface area contributed by atoms with Crippen molar-refractivity contribution in [3.63, 3.8) is 0 Å². The molecule has 154 valence electrons. The number of hydrogen-bond donors (Lipinski definition) is 0. The van der Waals surface area contributed by atoms with Gasteiger partial charge in [-0.25, -0.2) is 9.78 Å². The molecule has 2 rings (SSSR count). The van der Waals surface area contributed by atoms with Crippen LogP contribution < -0.4 is 11.2 Å². The molecule has 0 bridgehead atoms. The first kappa shape index (κ1) is 22.2. The molecular weight excluding hydrogens is 376 g/mol. The Morgan fingerprint density at radius 1 is 1.14 bits per heavy atom. The van der Waals surface area contributed by atoms with E-state index < -0.39 is 5.69 Å². The molecule has 2 aromatic heterocycles. The third-order valence-corrected chi connectivity index (χ3v) is 5.90. The number of nitrogens with zero attached hydrogens (tertiary/aromatic N) is 4. The van der Waals surface area contributed by atoms with Crippen LogP contribution in [-0.2, 0) is 25.3 Å². The minimum atomic E-state index is -0.411. The molecule has 0 unspecified atom stereocenters. The third-order valence-electron chi connectivity index (χ3n) is 4.76. The summed E-state index contributed by atoms with van der Waals surface area (Å²) >= 11 is 1.37. The van der Waals surface area contributed by atoms with Crippen LogP contribution in [0.3, 0.4) is 0 Å². The minimum Gasteiger partial charge on any atom is -0.337 e. The first-order valence-corrected chi connectivity index (χ1v) is 10.6. The van der Waals surface area contributed by atoms with Gasteiger partial charge in [0.25, 0.3) is 5.56 Å². The standard InChI is InChI=1S/C20H30N4O3S/c1-8-9-14-10-21-18-16(19(26)23(7)20(27)22(18)6)17(14)28-11-15(25)24(12(2)3)13(4)5/h10,12-13H,8-9,11H2,1-7H3. The Labute approximate surface area is 169 Å². The summed E-state index contributed by atoms with van der Waals surface area (Å²) in [6.45, 7) is 10.1. The average molecular weight is 407 g/mol. The predicted molar refractivity (Wildman–Crippen MR) is 114 cm³/mol. The highest BCUT2D eigenvalue weighted by Gasteiger charge is 2.22. The van der Waals surface area contributed by atoms with E-state index in [0.29, 0.717) is 11.0 Å². The van der Waals surface area contributed by atoms with E-state index in [2.05, 4.69) is 11.9 Å². The van der Waals surface area contributed by atoms with Crippen molar-refractivity contribution in [3.05, 3.63) is 32.6 Å². The lowest BCUT2D eigenvalue weighted by Crippen LogP contribution is -2.43. The molecule has 7 nitrogen and oxygen atoms in total. The quantitative estimate of drug-likeness (QED) is 0.660. The topological polar surface area (TPSA) is 77.2 Å². The third kappa shape index (κ3) is 4.16. The zero-order valence-corrected chi connectivity index (χ0v) is 18.6. The van der Waals surface area contributed by atoms with Crippen molar-refractivity contribution in [2.75, 3.05) is 5.75 Å². The number of aromatic nitrogens is 3. The molecule has 0 atom stereocenters. The van der Waals surface area contributed by atoms with Crippen LogP contribution in [0, 0.1) is 0 Å². The average Bonchev–Trinajstić information content (AvgIpc) is 2.62. The molecule has 0 N–H and O–H groups in total. The van der Waals surface area contributed by atoms with Crippen molar-refractivity contribution < 1.29 is 4.79 Å². The summed E-state index contributed by atoms with van der Waals surface area (Å²) in [6, 6.07) is 0.206. The number of aryl methyl sites for hydroxylation is 2. The molecule has 0 radical (unpaired) electrons.